The van der Waals surface area contributed by atoms with Gasteiger partial charge in [0.15, 0.2) is 0 Å². The van der Waals surface area contributed by atoms with Gasteiger partial charge in [-0.2, -0.15) is 0 Å². The molecule has 0 saturated heterocycles. The molecule has 0 atom stereocenters. The van der Waals surface area contributed by atoms with Crippen molar-refractivity contribution < 1.29 is 9.53 Å². The normalized spacial score (nSPS) is 10.9. The number of carbonyl (C=O) groups is 1. The first-order valence-corrected chi connectivity index (χ1v) is 6.99. The van der Waals surface area contributed by atoms with Gasteiger partial charge in [-0.25, -0.2) is 0 Å². The fourth-order valence-electron chi connectivity index (χ4n) is 1.86. The van der Waals surface area contributed by atoms with E-state index in [9.17, 15) is 4.79 Å². The summed E-state index contributed by atoms with van der Waals surface area (Å²) >= 11 is 0. The number of esters is 1. The molecule has 0 aliphatic carbocycles. The number of unbranched alkanes of at least 4 members (excludes halogenated alkanes) is 8. The van der Waals surface area contributed by atoms with Crippen molar-refractivity contribution in [3.05, 3.63) is 12.2 Å². The minimum Gasteiger partial charge on any atom is -0.469 e. The Morgan fingerprint density at radius 1 is 0.941 bits per heavy atom. The minimum atomic E-state index is -0.0750. The van der Waals surface area contributed by atoms with Crippen LogP contribution in [0.15, 0.2) is 12.2 Å². The third kappa shape index (κ3) is 13.1. The van der Waals surface area contributed by atoms with Gasteiger partial charge in [-0.1, -0.05) is 50.7 Å². The van der Waals surface area contributed by atoms with Gasteiger partial charge in [0.2, 0.25) is 0 Å². The summed E-state index contributed by atoms with van der Waals surface area (Å²) in [5.74, 6) is -0.0750. The fraction of sp³-hybridized carbons (Fsp3) is 0.800. The van der Waals surface area contributed by atoms with E-state index in [1.165, 1.54) is 52.1 Å². The van der Waals surface area contributed by atoms with Crippen LogP contribution < -0.4 is 0 Å². The molecule has 0 rings (SSSR count). The van der Waals surface area contributed by atoms with Gasteiger partial charge in [0.1, 0.15) is 0 Å². The third-order valence-corrected chi connectivity index (χ3v) is 2.97. The van der Waals surface area contributed by atoms with Crippen molar-refractivity contribution in [2.45, 2.75) is 71.1 Å². The van der Waals surface area contributed by atoms with Crippen molar-refractivity contribution in [1.29, 1.82) is 0 Å². The summed E-state index contributed by atoms with van der Waals surface area (Å²) in [6, 6.07) is 0. The van der Waals surface area contributed by atoms with Gasteiger partial charge in [-0.05, 0) is 26.2 Å². The summed E-state index contributed by atoms with van der Waals surface area (Å²) in [5, 5.41) is 0. The van der Waals surface area contributed by atoms with E-state index in [-0.39, 0.29) is 5.97 Å². The van der Waals surface area contributed by atoms with Crippen LogP contribution in [0.5, 0.6) is 0 Å². The highest BCUT2D eigenvalue weighted by molar-refractivity contribution is 5.68. The molecule has 0 unspecified atom stereocenters. The maximum Gasteiger partial charge on any atom is 0.305 e. The van der Waals surface area contributed by atoms with Gasteiger partial charge in [0.25, 0.3) is 0 Å². The van der Waals surface area contributed by atoms with E-state index in [0.717, 1.165) is 12.8 Å². The quantitative estimate of drug-likeness (QED) is 0.299. The maximum atomic E-state index is 10.8. The SMILES string of the molecule is C/C=C/CCCCCCCCCCC(=O)OC. The van der Waals surface area contributed by atoms with Gasteiger partial charge >= 0.3 is 5.97 Å². The van der Waals surface area contributed by atoms with Crippen molar-refractivity contribution in [3.8, 4) is 0 Å². The molecule has 0 aromatic carbocycles. The van der Waals surface area contributed by atoms with E-state index in [1.807, 2.05) is 0 Å². The Bertz CT molecular complexity index is 197. The number of hydrogen-bond acceptors (Lipinski definition) is 2. The van der Waals surface area contributed by atoms with E-state index in [0.29, 0.717) is 6.42 Å². The summed E-state index contributed by atoms with van der Waals surface area (Å²) < 4.78 is 4.60. The molecule has 2 heteroatoms. The molecule has 0 aromatic rings. The molecule has 0 saturated carbocycles. The van der Waals surface area contributed by atoms with E-state index in [4.69, 9.17) is 0 Å². The van der Waals surface area contributed by atoms with Crippen LogP contribution in [-0.2, 0) is 9.53 Å². The largest absolute Gasteiger partial charge is 0.469 e. The zero-order valence-electron chi connectivity index (χ0n) is 11.5. The van der Waals surface area contributed by atoms with Gasteiger partial charge < -0.3 is 4.74 Å². The molecule has 0 bridgehead atoms. The van der Waals surface area contributed by atoms with Crippen LogP contribution >= 0.6 is 0 Å². The van der Waals surface area contributed by atoms with Crippen molar-refractivity contribution in [1.82, 2.24) is 0 Å². The number of methoxy groups -OCH3 is 1. The van der Waals surface area contributed by atoms with E-state index < -0.39 is 0 Å². The number of hydrogen-bond donors (Lipinski definition) is 0. The summed E-state index contributed by atoms with van der Waals surface area (Å²) in [6.07, 6.45) is 16.3. The second-order valence-electron chi connectivity index (χ2n) is 4.51. The summed E-state index contributed by atoms with van der Waals surface area (Å²) in [5.41, 5.74) is 0. The Kier molecular flexibility index (Phi) is 12.7. The van der Waals surface area contributed by atoms with Crippen LogP contribution in [0.25, 0.3) is 0 Å². The van der Waals surface area contributed by atoms with E-state index >= 15 is 0 Å². The van der Waals surface area contributed by atoms with Gasteiger partial charge in [0.05, 0.1) is 7.11 Å². The van der Waals surface area contributed by atoms with E-state index in [2.05, 4.69) is 23.8 Å². The summed E-state index contributed by atoms with van der Waals surface area (Å²) in [7, 11) is 1.45. The molecular formula is C15H28O2. The predicted octanol–water partition coefficient (Wildman–Crippen LogP) is 4.64. The number of allylic oxidation sites excluding steroid dienone is 2. The molecule has 0 aromatic heterocycles. The Morgan fingerprint density at radius 2 is 1.47 bits per heavy atom. The Hall–Kier alpha value is -0.790. The van der Waals surface area contributed by atoms with Crippen LogP contribution in [-0.4, -0.2) is 13.1 Å². The van der Waals surface area contributed by atoms with Crippen LogP contribution in [0, 0.1) is 0 Å². The van der Waals surface area contributed by atoms with Crippen LogP contribution in [0.1, 0.15) is 71.1 Å². The smallest absolute Gasteiger partial charge is 0.305 e. The Morgan fingerprint density at radius 3 is 2.00 bits per heavy atom. The molecule has 0 aliphatic rings. The molecule has 2 nitrogen and oxygen atoms in total. The highest BCUT2D eigenvalue weighted by atomic mass is 16.5. The number of rotatable bonds is 11. The van der Waals surface area contributed by atoms with Crippen molar-refractivity contribution in [3.63, 3.8) is 0 Å². The lowest BCUT2D eigenvalue weighted by atomic mass is 10.1. The second-order valence-corrected chi connectivity index (χ2v) is 4.51. The first-order chi connectivity index (χ1) is 8.31. The molecule has 0 heterocycles. The monoisotopic (exact) mass is 240 g/mol. The molecule has 17 heavy (non-hydrogen) atoms. The molecule has 0 spiro atoms. The van der Waals surface area contributed by atoms with E-state index in [1.54, 1.807) is 0 Å². The fourth-order valence-corrected chi connectivity index (χ4v) is 1.86. The maximum absolute atomic E-state index is 10.8. The lowest BCUT2D eigenvalue weighted by molar-refractivity contribution is -0.140. The highest BCUT2D eigenvalue weighted by Crippen LogP contribution is 2.10. The lowest BCUT2D eigenvalue weighted by Gasteiger charge is -2.01. The zero-order valence-corrected chi connectivity index (χ0v) is 11.5. The van der Waals surface area contributed by atoms with Crippen LogP contribution in [0.2, 0.25) is 0 Å². The third-order valence-electron chi connectivity index (χ3n) is 2.97. The van der Waals surface area contributed by atoms with Crippen LogP contribution in [0.3, 0.4) is 0 Å². The first kappa shape index (κ1) is 16.2. The Labute approximate surface area is 106 Å². The standard InChI is InChI=1S/C15H28O2/c1-3-4-5-6-7-8-9-10-11-12-13-14-15(16)17-2/h3-4H,5-14H2,1-2H3/b4-3+. The molecule has 0 amide bonds. The van der Waals surface area contributed by atoms with Crippen molar-refractivity contribution >= 4 is 5.97 Å². The zero-order chi connectivity index (χ0) is 12.8. The number of ether oxygens (including phenoxy) is 1. The highest BCUT2D eigenvalue weighted by Gasteiger charge is 1.98. The molecule has 100 valence electrons. The Balaban J connectivity index is 3.01. The van der Waals surface area contributed by atoms with Crippen molar-refractivity contribution in [2.75, 3.05) is 7.11 Å². The number of carbonyl (C=O) groups excluding carboxylic acids is 1. The van der Waals surface area contributed by atoms with Gasteiger partial charge in [-0.3, -0.25) is 4.79 Å². The molecule has 0 N–H and O–H groups in total. The molecule has 0 fully saturated rings. The predicted molar refractivity (Wildman–Crippen MR) is 73.0 cm³/mol. The van der Waals surface area contributed by atoms with Crippen LogP contribution in [0.4, 0.5) is 0 Å². The second kappa shape index (κ2) is 13.3. The lowest BCUT2D eigenvalue weighted by Crippen LogP contribution is -1.99. The average molecular weight is 240 g/mol. The molecular weight excluding hydrogens is 212 g/mol. The first-order valence-electron chi connectivity index (χ1n) is 6.99. The topological polar surface area (TPSA) is 26.3 Å². The van der Waals surface area contributed by atoms with Crippen molar-refractivity contribution in [2.24, 2.45) is 0 Å². The molecule has 0 radical (unpaired) electrons. The van der Waals surface area contributed by atoms with Gasteiger partial charge in [0, 0.05) is 6.42 Å². The summed E-state index contributed by atoms with van der Waals surface area (Å²) in [4.78, 5) is 10.8. The summed E-state index contributed by atoms with van der Waals surface area (Å²) in [6.45, 7) is 2.08. The van der Waals surface area contributed by atoms with Gasteiger partial charge in [-0.15, -0.1) is 0 Å². The molecule has 0 aliphatic heterocycles. The average Bonchev–Trinajstić information content (AvgIpc) is 2.35. The minimum absolute atomic E-state index is 0.0750.